The molecule has 0 amide bonds. The maximum absolute atomic E-state index is 5.23. The van der Waals surface area contributed by atoms with E-state index < -0.39 is 0 Å². The van der Waals surface area contributed by atoms with Crippen molar-refractivity contribution in [2.75, 3.05) is 0 Å². The first-order valence-electron chi connectivity index (χ1n) is 4.58. The summed E-state index contributed by atoms with van der Waals surface area (Å²) in [6.45, 7) is 0. The quantitative estimate of drug-likeness (QED) is 0.633. The van der Waals surface area contributed by atoms with Gasteiger partial charge in [0.25, 0.3) is 0 Å². The second kappa shape index (κ2) is 3.10. The Labute approximate surface area is 91.0 Å². The topological polar surface area (TPSA) is 33.3 Å². The summed E-state index contributed by atoms with van der Waals surface area (Å²) in [4.78, 5) is 3.17. The molecule has 0 aromatic carbocycles. The van der Waals surface area contributed by atoms with E-state index in [2.05, 4.69) is 4.98 Å². The normalized spacial score (nSPS) is 10.9. The molecule has 0 unspecified atom stereocenters. The van der Waals surface area contributed by atoms with E-state index in [-0.39, 0.29) is 0 Å². The van der Waals surface area contributed by atoms with Gasteiger partial charge in [0.05, 0.1) is 23.7 Å². The van der Waals surface area contributed by atoms with Crippen LogP contribution in [-0.4, -0.2) is 9.38 Å². The SMILES string of the molecule is S=c1[nH]c(-c2ccoc2)c2ccccn12. The van der Waals surface area contributed by atoms with Gasteiger partial charge in [0.1, 0.15) is 0 Å². The molecule has 0 saturated heterocycles. The smallest absolute Gasteiger partial charge is 0.182 e. The standard InChI is InChI=1S/C11H8N2OS/c15-11-12-10(8-4-6-14-7-8)9-3-1-2-5-13(9)11/h1-7H,(H,12,15). The van der Waals surface area contributed by atoms with Crippen LogP contribution in [0.3, 0.4) is 0 Å². The number of aromatic nitrogens is 2. The number of rotatable bonds is 1. The summed E-state index contributed by atoms with van der Waals surface area (Å²) < 4.78 is 7.70. The Balaban J connectivity index is 2.42. The molecule has 0 radical (unpaired) electrons. The number of imidazole rings is 1. The molecule has 1 N–H and O–H groups in total. The molecule has 0 aliphatic heterocycles. The third-order valence-corrected chi connectivity index (χ3v) is 2.68. The van der Waals surface area contributed by atoms with E-state index in [4.69, 9.17) is 16.6 Å². The minimum absolute atomic E-state index is 0.696. The van der Waals surface area contributed by atoms with Crippen molar-refractivity contribution in [2.24, 2.45) is 0 Å². The first-order valence-corrected chi connectivity index (χ1v) is 4.99. The molecular formula is C11H8N2OS. The zero-order chi connectivity index (χ0) is 10.3. The van der Waals surface area contributed by atoms with Gasteiger partial charge >= 0.3 is 0 Å². The minimum atomic E-state index is 0.696. The molecule has 0 atom stereocenters. The summed E-state index contributed by atoms with van der Waals surface area (Å²) in [5, 5.41) is 0. The van der Waals surface area contributed by atoms with E-state index in [1.807, 2.05) is 34.9 Å². The highest BCUT2D eigenvalue weighted by molar-refractivity contribution is 7.71. The summed E-state index contributed by atoms with van der Waals surface area (Å²) in [6, 6.07) is 7.87. The number of fused-ring (bicyclic) bond motifs is 1. The van der Waals surface area contributed by atoms with Crippen LogP contribution in [0.1, 0.15) is 0 Å². The van der Waals surface area contributed by atoms with Crippen molar-refractivity contribution in [2.45, 2.75) is 0 Å². The Bertz CT molecular complexity index is 649. The van der Waals surface area contributed by atoms with Crippen LogP contribution < -0.4 is 0 Å². The van der Waals surface area contributed by atoms with E-state index >= 15 is 0 Å². The lowest BCUT2D eigenvalue weighted by Gasteiger charge is -1.94. The molecule has 15 heavy (non-hydrogen) atoms. The molecular weight excluding hydrogens is 208 g/mol. The minimum Gasteiger partial charge on any atom is -0.472 e. The number of H-pyrrole nitrogens is 1. The van der Waals surface area contributed by atoms with Crippen molar-refractivity contribution in [1.82, 2.24) is 9.38 Å². The molecule has 3 nitrogen and oxygen atoms in total. The Morgan fingerprint density at radius 3 is 3.00 bits per heavy atom. The summed E-state index contributed by atoms with van der Waals surface area (Å²) in [5.74, 6) is 0. The van der Waals surface area contributed by atoms with Crippen molar-refractivity contribution in [3.05, 3.63) is 47.8 Å². The number of nitrogens with one attached hydrogen (secondary N) is 1. The lowest BCUT2D eigenvalue weighted by Crippen LogP contribution is -1.80. The zero-order valence-electron chi connectivity index (χ0n) is 7.81. The van der Waals surface area contributed by atoms with E-state index in [0.717, 1.165) is 16.8 Å². The van der Waals surface area contributed by atoms with Crippen LogP contribution in [-0.2, 0) is 0 Å². The molecule has 0 fully saturated rings. The van der Waals surface area contributed by atoms with Crippen molar-refractivity contribution >= 4 is 17.7 Å². The molecule has 3 heterocycles. The van der Waals surface area contributed by atoms with Crippen LogP contribution in [0.25, 0.3) is 16.8 Å². The van der Waals surface area contributed by atoms with Gasteiger partial charge in [0.2, 0.25) is 0 Å². The molecule has 74 valence electrons. The summed E-state index contributed by atoms with van der Waals surface area (Å²) in [6.07, 6.45) is 5.30. The summed E-state index contributed by atoms with van der Waals surface area (Å²) >= 11 is 5.23. The molecule has 4 heteroatoms. The van der Waals surface area contributed by atoms with Gasteiger partial charge in [0, 0.05) is 11.8 Å². The van der Waals surface area contributed by atoms with Crippen LogP contribution in [0.5, 0.6) is 0 Å². The lowest BCUT2D eigenvalue weighted by molar-refractivity contribution is 0.568. The first-order chi connectivity index (χ1) is 7.36. The van der Waals surface area contributed by atoms with E-state index in [0.29, 0.717) is 4.77 Å². The highest BCUT2D eigenvalue weighted by Gasteiger charge is 2.07. The summed E-state index contributed by atoms with van der Waals surface area (Å²) in [5.41, 5.74) is 3.06. The van der Waals surface area contributed by atoms with Crippen molar-refractivity contribution in [3.63, 3.8) is 0 Å². The van der Waals surface area contributed by atoms with Gasteiger partial charge in [-0.25, -0.2) is 0 Å². The molecule has 0 aliphatic rings. The Morgan fingerprint density at radius 1 is 1.27 bits per heavy atom. The number of hydrogen-bond donors (Lipinski definition) is 1. The number of aromatic amines is 1. The third kappa shape index (κ3) is 1.22. The summed E-state index contributed by atoms with van der Waals surface area (Å²) in [7, 11) is 0. The molecule has 3 aromatic heterocycles. The van der Waals surface area contributed by atoms with Gasteiger partial charge in [-0.15, -0.1) is 0 Å². The van der Waals surface area contributed by atoms with E-state index in [9.17, 15) is 0 Å². The monoisotopic (exact) mass is 216 g/mol. The second-order valence-corrected chi connectivity index (χ2v) is 3.66. The molecule has 0 spiro atoms. The number of pyridine rings is 1. The number of nitrogens with zero attached hydrogens (tertiary/aromatic N) is 1. The average Bonchev–Trinajstić information content (AvgIpc) is 2.87. The molecule has 0 bridgehead atoms. The predicted octanol–water partition coefficient (Wildman–Crippen LogP) is 3.26. The highest BCUT2D eigenvalue weighted by atomic mass is 32.1. The maximum Gasteiger partial charge on any atom is 0.182 e. The molecule has 0 aliphatic carbocycles. The van der Waals surface area contributed by atoms with Gasteiger partial charge in [-0.2, -0.15) is 0 Å². The Morgan fingerprint density at radius 2 is 2.20 bits per heavy atom. The van der Waals surface area contributed by atoms with Gasteiger partial charge in [0.15, 0.2) is 4.77 Å². The lowest BCUT2D eigenvalue weighted by atomic mass is 10.2. The zero-order valence-corrected chi connectivity index (χ0v) is 8.62. The fourth-order valence-electron chi connectivity index (χ4n) is 1.68. The van der Waals surface area contributed by atoms with Crippen molar-refractivity contribution < 1.29 is 4.42 Å². The highest BCUT2D eigenvalue weighted by Crippen LogP contribution is 2.23. The van der Waals surface area contributed by atoms with E-state index in [1.54, 1.807) is 12.5 Å². The Hall–Kier alpha value is -1.81. The van der Waals surface area contributed by atoms with Gasteiger partial charge in [-0.1, -0.05) is 6.07 Å². The van der Waals surface area contributed by atoms with Crippen LogP contribution >= 0.6 is 12.2 Å². The van der Waals surface area contributed by atoms with Gasteiger partial charge in [-0.3, -0.25) is 4.40 Å². The van der Waals surface area contributed by atoms with Crippen molar-refractivity contribution in [3.8, 4) is 11.3 Å². The first kappa shape index (κ1) is 8.49. The maximum atomic E-state index is 5.23. The average molecular weight is 216 g/mol. The van der Waals surface area contributed by atoms with Gasteiger partial charge < -0.3 is 9.40 Å². The van der Waals surface area contributed by atoms with Gasteiger partial charge in [-0.05, 0) is 30.4 Å². The number of hydrogen-bond acceptors (Lipinski definition) is 2. The largest absolute Gasteiger partial charge is 0.472 e. The second-order valence-electron chi connectivity index (χ2n) is 3.27. The van der Waals surface area contributed by atoms with Crippen LogP contribution in [0.2, 0.25) is 0 Å². The Kier molecular flexibility index (Phi) is 1.76. The fraction of sp³-hybridized carbons (Fsp3) is 0. The third-order valence-electron chi connectivity index (χ3n) is 2.38. The van der Waals surface area contributed by atoms with Crippen LogP contribution in [0, 0.1) is 4.77 Å². The number of furan rings is 1. The predicted molar refractivity (Wildman–Crippen MR) is 60.3 cm³/mol. The van der Waals surface area contributed by atoms with E-state index in [1.165, 1.54) is 0 Å². The fourth-order valence-corrected chi connectivity index (χ4v) is 1.94. The van der Waals surface area contributed by atoms with Crippen molar-refractivity contribution in [1.29, 1.82) is 0 Å². The van der Waals surface area contributed by atoms with Crippen LogP contribution in [0.15, 0.2) is 47.4 Å². The molecule has 3 rings (SSSR count). The van der Waals surface area contributed by atoms with Crippen LogP contribution in [0.4, 0.5) is 0 Å². The molecule has 3 aromatic rings. The molecule has 0 saturated carbocycles.